The van der Waals surface area contributed by atoms with E-state index in [4.69, 9.17) is 0 Å². The normalized spacial score (nSPS) is 37.8. The van der Waals surface area contributed by atoms with Gasteiger partial charge >= 0.3 is 0 Å². The van der Waals surface area contributed by atoms with E-state index in [0.717, 1.165) is 5.92 Å². The zero-order valence-corrected chi connectivity index (χ0v) is 5.59. The Morgan fingerprint density at radius 2 is 2.00 bits per heavy atom. The smallest absolute Gasteiger partial charge is 0.0230 e. The van der Waals surface area contributed by atoms with Crippen molar-refractivity contribution < 1.29 is 0 Å². The fourth-order valence-corrected chi connectivity index (χ4v) is 0.951. The molecule has 45 valence electrons. The van der Waals surface area contributed by atoms with Crippen LogP contribution in [0.3, 0.4) is 0 Å². The first-order chi connectivity index (χ1) is 3.79. The first kappa shape index (κ1) is 5.87. The van der Waals surface area contributed by atoms with E-state index in [-0.39, 0.29) is 0 Å². The Morgan fingerprint density at radius 1 is 1.25 bits per heavy atom. The van der Waals surface area contributed by atoms with E-state index in [0.29, 0.717) is 5.92 Å². The summed E-state index contributed by atoms with van der Waals surface area (Å²) in [5.41, 5.74) is 0. The van der Waals surface area contributed by atoms with Crippen LogP contribution in [0, 0.1) is 18.3 Å². The number of allylic oxidation sites excluding steroid dienone is 2. The molecule has 1 aliphatic rings. The van der Waals surface area contributed by atoms with Crippen molar-refractivity contribution >= 4 is 0 Å². The minimum atomic E-state index is 0.714. The molecule has 0 aromatic carbocycles. The van der Waals surface area contributed by atoms with Crippen molar-refractivity contribution in [3.63, 3.8) is 0 Å². The molecular formula is C8H13. The molecule has 1 radical (unpaired) electrons. The largest absolute Gasteiger partial charge is 0.0854 e. The molecule has 0 saturated heterocycles. The molecule has 0 saturated carbocycles. The summed E-state index contributed by atoms with van der Waals surface area (Å²) in [7, 11) is 0. The zero-order valence-electron chi connectivity index (χ0n) is 5.59. The van der Waals surface area contributed by atoms with E-state index in [1.165, 1.54) is 6.42 Å². The van der Waals surface area contributed by atoms with E-state index >= 15 is 0 Å². The first-order valence-electron chi connectivity index (χ1n) is 3.30. The van der Waals surface area contributed by atoms with E-state index < -0.39 is 0 Å². The zero-order chi connectivity index (χ0) is 5.98. The minimum Gasteiger partial charge on any atom is -0.0854 e. The average Bonchev–Trinajstić information content (AvgIpc) is 1.77. The van der Waals surface area contributed by atoms with Gasteiger partial charge in [-0.3, -0.25) is 0 Å². The first-order valence-corrected chi connectivity index (χ1v) is 3.30. The summed E-state index contributed by atoms with van der Waals surface area (Å²) in [6, 6.07) is 0. The highest BCUT2D eigenvalue weighted by Crippen LogP contribution is 2.19. The van der Waals surface area contributed by atoms with Crippen LogP contribution >= 0.6 is 0 Å². The standard InChI is InChI=1S/C8H13/c1-7-3-5-8(2)6-4-7/h3-5,7-8H,6H2,1-2H3. The summed E-state index contributed by atoms with van der Waals surface area (Å²) in [4.78, 5) is 0. The third kappa shape index (κ3) is 1.36. The SMILES string of the molecule is CC1[CH]CC(C)C=C1. The number of rotatable bonds is 0. The van der Waals surface area contributed by atoms with Gasteiger partial charge in [0.1, 0.15) is 0 Å². The van der Waals surface area contributed by atoms with Gasteiger partial charge in [0.25, 0.3) is 0 Å². The molecule has 0 heterocycles. The van der Waals surface area contributed by atoms with E-state index in [9.17, 15) is 0 Å². The highest BCUT2D eigenvalue weighted by molar-refractivity contribution is 5.02. The lowest BCUT2D eigenvalue weighted by Crippen LogP contribution is -2.02. The lowest BCUT2D eigenvalue weighted by molar-refractivity contribution is 0.615. The van der Waals surface area contributed by atoms with Gasteiger partial charge < -0.3 is 0 Å². The summed E-state index contributed by atoms with van der Waals surface area (Å²) in [6.07, 6.45) is 8.20. The van der Waals surface area contributed by atoms with Crippen LogP contribution in [-0.4, -0.2) is 0 Å². The summed E-state index contributed by atoms with van der Waals surface area (Å²) in [5.74, 6) is 1.50. The molecule has 0 aliphatic heterocycles. The minimum absolute atomic E-state index is 0.714. The lowest BCUT2D eigenvalue weighted by atomic mass is 9.91. The quantitative estimate of drug-likeness (QED) is 0.419. The van der Waals surface area contributed by atoms with Gasteiger partial charge in [-0.05, 0) is 24.7 Å². The predicted molar refractivity (Wildman–Crippen MR) is 36.4 cm³/mol. The van der Waals surface area contributed by atoms with E-state index in [1.54, 1.807) is 0 Å². The van der Waals surface area contributed by atoms with Crippen molar-refractivity contribution in [3.05, 3.63) is 18.6 Å². The van der Waals surface area contributed by atoms with Gasteiger partial charge in [0.2, 0.25) is 0 Å². The molecule has 0 aromatic rings. The van der Waals surface area contributed by atoms with Crippen molar-refractivity contribution in [2.75, 3.05) is 0 Å². The Bertz CT molecular complexity index is 80.2. The van der Waals surface area contributed by atoms with Gasteiger partial charge in [-0.15, -0.1) is 0 Å². The molecule has 0 nitrogen and oxygen atoms in total. The van der Waals surface area contributed by atoms with Crippen LogP contribution < -0.4 is 0 Å². The summed E-state index contributed by atoms with van der Waals surface area (Å²) in [6.45, 7) is 4.47. The Labute approximate surface area is 51.6 Å². The molecule has 0 N–H and O–H groups in total. The summed E-state index contributed by atoms with van der Waals surface area (Å²) < 4.78 is 0. The van der Waals surface area contributed by atoms with Crippen molar-refractivity contribution in [1.82, 2.24) is 0 Å². The van der Waals surface area contributed by atoms with Crippen LogP contribution in [0.2, 0.25) is 0 Å². The molecule has 0 heteroatoms. The Hall–Kier alpha value is -0.260. The molecule has 0 fully saturated rings. The lowest BCUT2D eigenvalue weighted by Gasteiger charge is -2.14. The Morgan fingerprint density at radius 3 is 2.38 bits per heavy atom. The van der Waals surface area contributed by atoms with Crippen molar-refractivity contribution in [2.45, 2.75) is 20.3 Å². The maximum absolute atomic E-state index is 2.37. The molecule has 1 rings (SSSR count). The van der Waals surface area contributed by atoms with Gasteiger partial charge in [0.05, 0.1) is 0 Å². The molecule has 0 spiro atoms. The van der Waals surface area contributed by atoms with Gasteiger partial charge in [0, 0.05) is 0 Å². The second-order valence-electron chi connectivity index (χ2n) is 2.69. The second-order valence-corrected chi connectivity index (χ2v) is 2.69. The fourth-order valence-electron chi connectivity index (χ4n) is 0.951. The third-order valence-electron chi connectivity index (χ3n) is 1.62. The van der Waals surface area contributed by atoms with Crippen molar-refractivity contribution in [1.29, 1.82) is 0 Å². The topological polar surface area (TPSA) is 0 Å². The van der Waals surface area contributed by atoms with Crippen LogP contribution in [-0.2, 0) is 0 Å². The van der Waals surface area contributed by atoms with E-state index in [1.807, 2.05) is 0 Å². The van der Waals surface area contributed by atoms with Crippen molar-refractivity contribution in [3.8, 4) is 0 Å². The van der Waals surface area contributed by atoms with Gasteiger partial charge in [0.15, 0.2) is 0 Å². The second kappa shape index (κ2) is 2.34. The number of hydrogen-bond donors (Lipinski definition) is 0. The Balaban J connectivity index is 2.42. The van der Waals surface area contributed by atoms with Crippen LogP contribution in [0.15, 0.2) is 12.2 Å². The molecule has 0 aromatic heterocycles. The predicted octanol–water partition coefficient (Wildman–Crippen LogP) is 2.42. The molecular weight excluding hydrogens is 96.1 g/mol. The molecule has 0 amide bonds. The van der Waals surface area contributed by atoms with Crippen LogP contribution in [0.25, 0.3) is 0 Å². The van der Waals surface area contributed by atoms with Gasteiger partial charge in [-0.2, -0.15) is 0 Å². The van der Waals surface area contributed by atoms with Crippen LogP contribution in [0.1, 0.15) is 20.3 Å². The monoisotopic (exact) mass is 109 g/mol. The maximum atomic E-state index is 2.37. The fraction of sp³-hybridized carbons (Fsp3) is 0.625. The summed E-state index contributed by atoms with van der Waals surface area (Å²) >= 11 is 0. The molecule has 8 heavy (non-hydrogen) atoms. The molecule has 2 atom stereocenters. The van der Waals surface area contributed by atoms with Gasteiger partial charge in [-0.25, -0.2) is 0 Å². The molecule has 2 unspecified atom stereocenters. The van der Waals surface area contributed by atoms with Crippen molar-refractivity contribution in [2.24, 2.45) is 11.8 Å². The average molecular weight is 109 g/mol. The maximum Gasteiger partial charge on any atom is -0.0230 e. The van der Waals surface area contributed by atoms with Crippen LogP contribution in [0.4, 0.5) is 0 Å². The van der Waals surface area contributed by atoms with Crippen LogP contribution in [0.5, 0.6) is 0 Å². The van der Waals surface area contributed by atoms with Gasteiger partial charge in [-0.1, -0.05) is 26.0 Å². The molecule has 1 aliphatic carbocycles. The highest BCUT2D eigenvalue weighted by atomic mass is 14.1. The highest BCUT2D eigenvalue weighted by Gasteiger charge is 2.06. The third-order valence-corrected chi connectivity index (χ3v) is 1.62. The van der Waals surface area contributed by atoms with E-state index in [2.05, 4.69) is 32.4 Å². The Kier molecular flexibility index (Phi) is 1.72. The number of hydrogen-bond acceptors (Lipinski definition) is 0. The molecule has 0 bridgehead atoms. The summed E-state index contributed by atoms with van der Waals surface area (Å²) in [5, 5.41) is 0.